The predicted molar refractivity (Wildman–Crippen MR) is 81.4 cm³/mol. The lowest BCUT2D eigenvalue weighted by atomic mass is 9.85. The van der Waals surface area contributed by atoms with E-state index in [1.54, 1.807) is 0 Å². The molecule has 2 N–H and O–H groups in total. The van der Waals surface area contributed by atoms with E-state index in [-0.39, 0.29) is 17.2 Å². The van der Waals surface area contributed by atoms with E-state index < -0.39 is 0 Å². The van der Waals surface area contributed by atoms with Gasteiger partial charge in [0.25, 0.3) is 0 Å². The van der Waals surface area contributed by atoms with Crippen LogP contribution in [-0.4, -0.2) is 9.97 Å². The molecule has 106 valence electrons. The van der Waals surface area contributed by atoms with Crippen molar-refractivity contribution in [2.24, 2.45) is 0 Å². The number of hydrogen-bond donors (Lipinski definition) is 1. The third-order valence-electron chi connectivity index (χ3n) is 2.88. The zero-order valence-electron chi connectivity index (χ0n) is 12.1. The van der Waals surface area contributed by atoms with E-state index >= 15 is 0 Å². The van der Waals surface area contributed by atoms with Gasteiger partial charge in [-0.25, -0.2) is 4.98 Å². The molecule has 1 aromatic heterocycles. The van der Waals surface area contributed by atoms with E-state index in [4.69, 9.17) is 22.1 Å². The molecule has 1 aromatic carbocycles. The van der Waals surface area contributed by atoms with Gasteiger partial charge < -0.3 is 10.5 Å². The van der Waals surface area contributed by atoms with Gasteiger partial charge >= 0.3 is 0 Å². The summed E-state index contributed by atoms with van der Waals surface area (Å²) >= 11 is 6.04. The lowest BCUT2D eigenvalue weighted by molar-refractivity contribution is 0.439. The summed E-state index contributed by atoms with van der Waals surface area (Å²) in [5, 5.41) is 0.333. The van der Waals surface area contributed by atoms with Gasteiger partial charge in [-0.1, -0.05) is 50.1 Å². The van der Waals surface area contributed by atoms with Crippen molar-refractivity contribution in [3.8, 4) is 11.6 Å². The first-order valence-electron chi connectivity index (χ1n) is 6.34. The maximum Gasteiger partial charge on any atom is 0.243 e. The second kappa shape index (κ2) is 5.29. The molecule has 0 radical (unpaired) electrons. The van der Waals surface area contributed by atoms with Crippen LogP contribution in [0.4, 0.5) is 5.95 Å². The summed E-state index contributed by atoms with van der Waals surface area (Å²) in [5.74, 6) is 1.13. The molecule has 0 fully saturated rings. The number of benzene rings is 1. The molecule has 20 heavy (non-hydrogen) atoms. The molecule has 2 rings (SSSR count). The fourth-order valence-corrected chi connectivity index (χ4v) is 1.99. The number of ether oxygens (including phenoxy) is 1. The summed E-state index contributed by atoms with van der Waals surface area (Å²) < 4.78 is 5.84. The Bertz CT molecular complexity index is 636. The summed E-state index contributed by atoms with van der Waals surface area (Å²) in [6.45, 7) is 8.44. The third kappa shape index (κ3) is 3.20. The van der Waals surface area contributed by atoms with E-state index in [9.17, 15) is 0 Å². The first-order valence-corrected chi connectivity index (χ1v) is 6.72. The van der Waals surface area contributed by atoms with Crippen LogP contribution in [0, 0.1) is 6.92 Å². The van der Waals surface area contributed by atoms with Crippen LogP contribution < -0.4 is 10.5 Å². The van der Waals surface area contributed by atoms with Gasteiger partial charge in [0, 0.05) is 5.56 Å². The van der Waals surface area contributed by atoms with Gasteiger partial charge in [0.2, 0.25) is 11.8 Å². The van der Waals surface area contributed by atoms with Gasteiger partial charge in [0.1, 0.15) is 10.8 Å². The van der Waals surface area contributed by atoms with Crippen molar-refractivity contribution >= 4 is 17.5 Å². The number of hydrogen-bond acceptors (Lipinski definition) is 4. The van der Waals surface area contributed by atoms with E-state index in [1.807, 2.05) is 12.1 Å². The first-order chi connectivity index (χ1) is 9.27. The number of nitrogens with zero attached hydrogens (tertiary/aromatic N) is 2. The Morgan fingerprint density at radius 2 is 1.95 bits per heavy atom. The third-order valence-corrected chi connectivity index (χ3v) is 3.14. The molecular formula is C15H18ClN3O. The molecule has 5 heteroatoms. The van der Waals surface area contributed by atoms with E-state index in [0.29, 0.717) is 5.02 Å². The lowest BCUT2D eigenvalue weighted by Gasteiger charge is -2.23. The zero-order valence-corrected chi connectivity index (χ0v) is 12.8. The molecule has 0 atom stereocenters. The zero-order chi connectivity index (χ0) is 14.9. The molecule has 1 heterocycles. The summed E-state index contributed by atoms with van der Waals surface area (Å²) in [7, 11) is 0. The standard InChI is InChI=1S/C15H18ClN3O/c1-9-5-6-12(10(7-9)15(2,3)4)20-13-11(16)8-18-14(17)19-13/h5-8H,1-4H3,(H2,17,18,19). The maximum atomic E-state index is 6.04. The highest BCUT2D eigenvalue weighted by molar-refractivity contribution is 6.31. The summed E-state index contributed by atoms with van der Waals surface area (Å²) in [4.78, 5) is 7.85. The topological polar surface area (TPSA) is 61.0 Å². The Hall–Kier alpha value is -1.81. The molecular weight excluding hydrogens is 274 g/mol. The van der Waals surface area contributed by atoms with E-state index in [2.05, 4.69) is 43.7 Å². The molecule has 0 aliphatic carbocycles. The van der Waals surface area contributed by atoms with Crippen LogP contribution in [0.15, 0.2) is 24.4 Å². The van der Waals surface area contributed by atoms with Crippen LogP contribution in [0.5, 0.6) is 11.6 Å². The van der Waals surface area contributed by atoms with Gasteiger partial charge in [-0.15, -0.1) is 0 Å². The predicted octanol–water partition coefficient (Wildman–Crippen LogP) is 4.11. The Balaban J connectivity index is 2.46. The highest BCUT2D eigenvalue weighted by Gasteiger charge is 2.20. The van der Waals surface area contributed by atoms with Crippen LogP contribution in [-0.2, 0) is 5.41 Å². The molecule has 0 saturated carbocycles. The van der Waals surface area contributed by atoms with E-state index in [1.165, 1.54) is 11.8 Å². The van der Waals surface area contributed by atoms with Crippen LogP contribution in [0.3, 0.4) is 0 Å². The number of nitrogens with two attached hydrogens (primary N) is 1. The van der Waals surface area contributed by atoms with Crippen LogP contribution in [0.1, 0.15) is 31.9 Å². The van der Waals surface area contributed by atoms with Gasteiger partial charge in [-0.2, -0.15) is 4.98 Å². The number of halogens is 1. The van der Waals surface area contributed by atoms with Crippen molar-refractivity contribution < 1.29 is 4.74 Å². The van der Waals surface area contributed by atoms with Gasteiger partial charge in [-0.05, 0) is 18.4 Å². The van der Waals surface area contributed by atoms with Gasteiger partial charge in [0.05, 0.1) is 6.20 Å². The summed E-state index contributed by atoms with van der Waals surface area (Å²) in [5.41, 5.74) is 7.78. The van der Waals surface area contributed by atoms with Crippen LogP contribution >= 0.6 is 11.6 Å². The summed E-state index contributed by atoms with van der Waals surface area (Å²) in [6, 6.07) is 6.02. The highest BCUT2D eigenvalue weighted by Crippen LogP contribution is 2.36. The normalized spacial score (nSPS) is 11.4. The Morgan fingerprint density at radius 3 is 2.60 bits per heavy atom. The number of aromatic nitrogens is 2. The molecule has 0 amide bonds. The molecule has 0 unspecified atom stereocenters. The van der Waals surface area contributed by atoms with Crippen molar-refractivity contribution in [3.05, 3.63) is 40.5 Å². The fraction of sp³-hybridized carbons (Fsp3) is 0.333. The van der Waals surface area contributed by atoms with Crippen molar-refractivity contribution in [2.75, 3.05) is 5.73 Å². The van der Waals surface area contributed by atoms with Crippen LogP contribution in [0.25, 0.3) is 0 Å². The number of anilines is 1. The van der Waals surface area contributed by atoms with Gasteiger partial charge in [0.15, 0.2) is 0 Å². The largest absolute Gasteiger partial charge is 0.437 e. The SMILES string of the molecule is Cc1ccc(Oc2nc(N)ncc2Cl)c(C(C)(C)C)c1. The molecule has 0 bridgehead atoms. The fourth-order valence-electron chi connectivity index (χ4n) is 1.86. The molecule has 4 nitrogen and oxygen atoms in total. The summed E-state index contributed by atoms with van der Waals surface area (Å²) in [6.07, 6.45) is 1.43. The first kappa shape index (κ1) is 14.6. The second-order valence-corrected chi connectivity index (χ2v) is 6.14. The van der Waals surface area contributed by atoms with Crippen molar-refractivity contribution in [2.45, 2.75) is 33.1 Å². The Kier molecular flexibility index (Phi) is 3.86. The van der Waals surface area contributed by atoms with Gasteiger partial charge in [-0.3, -0.25) is 0 Å². The highest BCUT2D eigenvalue weighted by atomic mass is 35.5. The minimum Gasteiger partial charge on any atom is -0.437 e. The monoisotopic (exact) mass is 291 g/mol. The van der Waals surface area contributed by atoms with Crippen LogP contribution in [0.2, 0.25) is 5.02 Å². The molecule has 0 spiro atoms. The average Bonchev–Trinajstić information content (AvgIpc) is 2.34. The minimum absolute atomic E-state index is 0.0492. The van der Waals surface area contributed by atoms with Crippen molar-refractivity contribution in [3.63, 3.8) is 0 Å². The van der Waals surface area contributed by atoms with Crippen molar-refractivity contribution in [1.82, 2.24) is 9.97 Å². The quantitative estimate of drug-likeness (QED) is 0.904. The van der Waals surface area contributed by atoms with Crippen molar-refractivity contribution in [1.29, 1.82) is 0 Å². The Morgan fingerprint density at radius 1 is 1.25 bits per heavy atom. The number of nitrogen functional groups attached to an aromatic ring is 1. The molecule has 0 saturated heterocycles. The number of rotatable bonds is 2. The molecule has 0 aliphatic rings. The molecule has 2 aromatic rings. The second-order valence-electron chi connectivity index (χ2n) is 5.73. The maximum absolute atomic E-state index is 6.04. The average molecular weight is 292 g/mol. The number of aryl methyl sites for hydroxylation is 1. The Labute approximate surface area is 124 Å². The minimum atomic E-state index is -0.0492. The lowest BCUT2D eigenvalue weighted by Crippen LogP contribution is -2.13. The molecule has 0 aliphatic heterocycles. The smallest absolute Gasteiger partial charge is 0.243 e. The van der Waals surface area contributed by atoms with E-state index in [0.717, 1.165) is 11.3 Å².